The first-order valence-corrected chi connectivity index (χ1v) is 4.92. The van der Waals surface area contributed by atoms with E-state index in [1.165, 1.54) is 11.3 Å². The lowest BCUT2D eigenvalue weighted by Crippen LogP contribution is -2.09. The summed E-state index contributed by atoms with van der Waals surface area (Å²) in [5.41, 5.74) is 2.74. The van der Waals surface area contributed by atoms with E-state index in [9.17, 15) is 0 Å². The molecule has 1 N–H and O–H groups in total. The Labute approximate surface area is 82.6 Å². The smallest absolute Gasteiger partial charge is 0.107 e. The van der Waals surface area contributed by atoms with Crippen molar-refractivity contribution in [3.8, 4) is 0 Å². The summed E-state index contributed by atoms with van der Waals surface area (Å²) in [6, 6.07) is 1.97. The van der Waals surface area contributed by atoms with Gasteiger partial charge in [-0.1, -0.05) is 11.6 Å². The molecule has 0 radical (unpaired) electrons. The van der Waals surface area contributed by atoms with Gasteiger partial charge in [0.05, 0.1) is 13.7 Å². The standard InChI is InChI=1S/C6H7BrClNOS/c1-10-9-3-4-2-5(7)6(8)11-4/h2,9H,3H2,1H3. The molecule has 0 aliphatic heterocycles. The minimum Gasteiger partial charge on any atom is -0.305 e. The third-order valence-electron chi connectivity index (χ3n) is 1.09. The average molecular weight is 257 g/mol. The fourth-order valence-corrected chi connectivity index (χ4v) is 2.34. The summed E-state index contributed by atoms with van der Waals surface area (Å²) < 4.78 is 1.72. The van der Waals surface area contributed by atoms with Gasteiger partial charge >= 0.3 is 0 Å². The number of rotatable bonds is 3. The van der Waals surface area contributed by atoms with Crippen LogP contribution >= 0.6 is 38.9 Å². The molecule has 5 heteroatoms. The monoisotopic (exact) mass is 255 g/mol. The van der Waals surface area contributed by atoms with Crippen molar-refractivity contribution in [2.75, 3.05) is 7.11 Å². The van der Waals surface area contributed by atoms with Crippen molar-refractivity contribution in [1.29, 1.82) is 0 Å². The Bertz CT molecular complexity index is 221. The summed E-state index contributed by atoms with van der Waals surface area (Å²) >= 11 is 10.7. The van der Waals surface area contributed by atoms with Crippen molar-refractivity contribution in [2.45, 2.75) is 6.54 Å². The molecular weight excluding hydrogens is 249 g/mol. The molecule has 62 valence electrons. The van der Waals surface area contributed by atoms with Crippen LogP contribution in [0.3, 0.4) is 0 Å². The average Bonchev–Trinajstić information content (AvgIpc) is 2.28. The van der Waals surface area contributed by atoms with E-state index in [-0.39, 0.29) is 0 Å². The van der Waals surface area contributed by atoms with Gasteiger partial charge in [0.15, 0.2) is 0 Å². The first-order valence-electron chi connectivity index (χ1n) is 2.93. The molecule has 1 heterocycles. The third-order valence-corrected chi connectivity index (χ3v) is 3.56. The molecule has 2 nitrogen and oxygen atoms in total. The van der Waals surface area contributed by atoms with Crippen molar-refractivity contribution in [1.82, 2.24) is 5.48 Å². The van der Waals surface area contributed by atoms with Crippen LogP contribution in [0.4, 0.5) is 0 Å². The molecule has 0 fully saturated rings. The number of halogens is 2. The lowest BCUT2D eigenvalue weighted by atomic mass is 10.5. The highest BCUT2D eigenvalue weighted by Gasteiger charge is 2.02. The highest BCUT2D eigenvalue weighted by molar-refractivity contribution is 9.10. The minimum atomic E-state index is 0.687. The molecule has 0 aliphatic carbocycles. The van der Waals surface area contributed by atoms with Crippen molar-refractivity contribution in [3.05, 3.63) is 19.8 Å². The van der Waals surface area contributed by atoms with E-state index < -0.39 is 0 Å². The van der Waals surface area contributed by atoms with Crippen LogP contribution in [0.5, 0.6) is 0 Å². The lowest BCUT2D eigenvalue weighted by Gasteiger charge is -1.95. The fraction of sp³-hybridized carbons (Fsp3) is 0.333. The summed E-state index contributed by atoms with van der Waals surface area (Å²) in [7, 11) is 1.59. The fourth-order valence-electron chi connectivity index (χ4n) is 0.622. The summed E-state index contributed by atoms with van der Waals surface area (Å²) in [5.74, 6) is 0. The van der Waals surface area contributed by atoms with E-state index in [0.717, 1.165) is 13.7 Å². The van der Waals surface area contributed by atoms with Gasteiger partial charge in [-0.2, -0.15) is 5.48 Å². The van der Waals surface area contributed by atoms with Crippen molar-refractivity contribution in [2.24, 2.45) is 0 Å². The lowest BCUT2D eigenvalue weighted by molar-refractivity contribution is 0.0874. The minimum absolute atomic E-state index is 0.687. The quantitative estimate of drug-likeness (QED) is 0.840. The normalized spacial score (nSPS) is 10.5. The molecule has 0 aliphatic rings. The SMILES string of the molecule is CONCc1cc(Br)c(Cl)s1. The Hall–Kier alpha value is 0.390. The number of nitrogens with one attached hydrogen (secondary N) is 1. The molecule has 1 rings (SSSR count). The number of hydrogen-bond donors (Lipinski definition) is 1. The van der Waals surface area contributed by atoms with E-state index in [0.29, 0.717) is 6.54 Å². The van der Waals surface area contributed by atoms with E-state index >= 15 is 0 Å². The Morgan fingerprint density at radius 2 is 2.55 bits per heavy atom. The Morgan fingerprint density at radius 3 is 3.00 bits per heavy atom. The second kappa shape index (κ2) is 4.42. The third kappa shape index (κ3) is 2.72. The zero-order valence-electron chi connectivity index (χ0n) is 5.86. The van der Waals surface area contributed by atoms with Crippen LogP contribution < -0.4 is 5.48 Å². The van der Waals surface area contributed by atoms with Gasteiger partial charge in [-0.05, 0) is 22.0 Å². The maximum absolute atomic E-state index is 5.81. The van der Waals surface area contributed by atoms with Crippen LogP contribution in [-0.2, 0) is 11.4 Å². The second-order valence-corrected chi connectivity index (χ2v) is 4.45. The van der Waals surface area contributed by atoms with Crippen LogP contribution in [-0.4, -0.2) is 7.11 Å². The van der Waals surface area contributed by atoms with Crippen molar-refractivity contribution < 1.29 is 4.84 Å². The van der Waals surface area contributed by atoms with Crippen LogP contribution in [0.25, 0.3) is 0 Å². The summed E-state index contributed by atoms with van der Waals surface area (Å²) in [6.45, 7) is 0.687. The molecule has 0 saturated carbocycles. The molecule has 0 atom stereocenters. The first-order chi connectivity index (χ1) is 5.24. The topological polar surface area (TPSA) is 21.3 Å². The molecule has 0 aromatic carbocycles. The predicted molar refractivity (Wildman–Crippen MR) is 50.9 cm³/mol. The van der Waals surface area contributed by atoms with Crippen molar-refractivity contribution in [3.63, 3.8) is 0 Å². The number of thiophene rings is 1. The van der Waals surface area contributed by atoms with Crippen LogP contribution in [0.1, 0.15) is 4.88 Å². The molecule has 1 aromatic rings. The van der Waals surface area contributed by atoms with Crippen molar-refractivity contribution >= 4 is 38.9 Å². The zero-order valence-corrected chi connectivity index (χ0v) is 9.02. The Kier molecular flexibility index (Phi) is 3.81. The molecule has 0 spiro atoms. The predicted octanol–water partition coefficient (Wildman–Crippen LogP) is 2.82. The molecular formula is C6H7BrClNOS. The largest absolute Gasteiger partial charge is 0.305 e. The van der Waals surface area contributed by atoms with Gasteiger partial charge in [-0.15, -0.1) is 11.3 Å². The summed E-state index contributed by atoms with van der Waals surface area (Å²) in [4.78, 5) is 5.84. The highest BCUT2D eigenvalue weighted by Crippen LogP contribution is 2.31. The first kappa shape index (κ1) is 9.48. The van der Waals surface area contributed by atoms with E-state index in [2.05, 4.69) is 21.4 Å². The molecule has 0 amide bonds. The maximum Gasteiger partial charge on any atom is 0.107 e. The summed E-state index contributed by atoms with van der Waals surface area (Å²) in [5, 5.41) is 0. The highest BCUT2D eigenvalue weighted by atomic mass is 79.9. The maximum atomic E-state index is 5.81. The van der Waals surface area contributed by atoms with Gasteiger partial charge < -0.3 is 4.84 Å². The van der Waals surface area contributed by atoms with Crippen LogP contribution in [0, 0.1) is 0 Å². The van der Waals surface area contributed by atoms with Gasteiger partial charge in [0, 0.05) is 9.35 Å². The van der Waals surface area contributed by atoms with E-state index in [1.54, 1.807) is 7.11 Å². The van der Waals surface area contributed by atoms with Gasteiger partial charge in [0.2, 0.25) is 0 Å². The Morgan fingerprint density at radius 1 is 1.82 bits per heavy atom. The van der Waals surface area contributed by atoms with Crippen LogP contribution in [0.15, 0.2) is 10.5 Å². The van der Waals surface area contributed by atoms with Gasteiger partial charge in [0.25, 0.3) is 0 Å². The Balaban J connectivity index is 2.58. The van der Waals surface area contributed by atoms with E-state index in [1.807, 2.05) is 6.07 Å². The molecule has 0 unspecified atom stereocenters. The number of hydroxylamine groups is 1. The van der Waals surface area contributed by atoms with Crippen LogP contribution in [0.2, 0.25) is 4.34 Å². The summed E-state index contributed by atoms with van der Waals surface area (Å²) in [6.07, 6.45) is 0. The molecule has 11 heavy (non-hydrogen) atoms. The molecule has 0 saturated heterocycles. The van der Waals surface area contributed by atoms with E-state index in [4.69, 9.17) is 16.4 Å². The van der Waals surface area contributed by atoms with Gasteiger partial charge in [-0.25, -0.2) is 0 Å². The zero-order chi connectivity index (χ0) is 8.27. The van der Waals surface area contributed by atoms with Gasteiger partial charge in [-0.3, -0.25) is 0 Å². The van der Waals surface area contributed by atoms with Gasteiger partial charge in [0.1, 0.15) is 4.34 Å². The molecule has 0 bridgehead atoms. The number of hydrogen-bond acceptors (Lipinski definition) is 3. The molecule has 1 aromatic heterocycles. The second-order valence-electron chi connectivity index (χ2n) is 1.86.